The average molecular weight is 532 g/mol. The van der Waals surface area contributed by atoms with Gasteiger partial charge in [-0.3, -0.25) is 9.59 Å². The van der Waals surface area contributed by atoms with E-state index < -0.39 is 5.82 Å². The number of carbonyl (C=O) groups is 1. The van der Waals surface area contributed by atoms with Crippen LogP contribution in [0.5, 0.6) is 0 Å². The first kappa shape index (κ1) is 25.0. The van der Waals surface area contributed by atoms with Gasteiger partial charge in [0.1, 0.15) is 11.6 Å². The number of halogens is 3. The molecule has 0 bridgehead atoms. The van der Waals surface area contributed by atoms with Gasteiger partial charge in [0.25, 0.3) is 5.56 Å². The SMILES string of the molecule is CC1c2c(Cl)cc(Cl)cc2CCN1C(=O)CNc1cc2nc(C[C@H]3CCCNC3)[nH]c(=O)c2cc1F. The molecule has 2 aromatic carbocycles. The summed E-state index contributed by atoms with van der Waals surface area (Å²) in [6.07, 6.45) is 3.46. The molecular weight excluding hydrogens is 504 g/mol. The van der Waals surface area contributed by atoms with Gasteiger partial charge in [-0.05, 0) is 80.6 Å². The predicted octanol–water partition coefficient (Wildman–Crippen LogP) is 4.47. The molecule has 2 atom stereocenters. The maximum atomic E-state index is 14.8. The number of amides is 1. The summed E-state index contributed by atoms with van der Waals surface area (Å²) in [6.45, 7) is 4.23. The summed E-state index contributed by atoms with van der Waals surface area (Å²) in [5.74, 6) is 0.202. The van der Waals surface area contributed by atoms with Gasteiger partial charge in [0.05, 0.1) is 29.2 Å². The lowest BCUT2D eigenvalue weighted by atomic mass is 9.93. The number of piperidine rings is 1. The van der Waals surface area contributed by atoms with Crippen LogP contribution in [0.3, 0.4) is 0 Å². The number of hydrogen-bond donors (Lipinski definition) is 3. The van der Waals surface area contributed by atoms with E-state index in [2.05, 4.69) is 20.6 Å². The van der Waals surface area contributed by atoms with Gasteiger partial charge in [-0.15, -0.1) is 0 Å². The topological polar surface area (TPSA) is 90.1 Å². The number of anilines is 1. The molecule has 2 aliphatic heterocycles. The first-order chi connectivity index (χ1) is 17.3. The van der Waals surface area contributed by atoms with Gasteiger partial charge in [0.2, 0.25) is 5.91 Å². The van der Waals surface area contributed by atoms with E-state index in [-0.39, 0.29) is 35.1 Å². The fraction of sp³-hybridized carbons (Fsp3) is 0.423. The third kappa shape index (κ3) is 5.08. The highest BCUT2D eigenvalue weighted by Crippen LogP contribution is 2.37. The molecule has 1 saturated heterocycles. The Kier molecular flexibility index (Phi) is 7.19. The smallest absolute Gasteiger partial charge is 0.258 e. The number of carbonyl (C=O) groups excluding carboxylic acids is 1. The Morgan fingerprint density at radius 2 is 2.11 bits per heavy atom. The van der Waals surface area contributed by atoms with E-state index in [1.165, 1.54) is 12.1 Å². The molecule has 1 aromatic heterocycles. The number of fused-ring (bicyclic) bond motifs is 2. The van der Waals surface area contributed by atoms with Crippen LogP contribution in [-0.2, 0) is 17.6 Å². The summed E-state index contributed by atoms with van der Waals surface area (Å²) >= 11 is 12.6. The highest BCUT2D eigenvalue weighted by atomic mass is 35.5. The van der Waals surface area contributed by atoms with E-state index >= 15 is 0 Å². The quantitative estimate of drug-likeness (QED) is 0.451. The minimum Gasteiger partial charge on any atom is -0.374 e. The first-order valence-corrected chi connectivity index (χ1v) is 13.0. The molecule has 3 heterocycles. The second-order valence-corrected chi connectivity index (χ2v) is 10.4. The van der Waals surface area contributed by atoms with Crippen LogP contribution in [0.15, 0.2) is 29.1 Å². The summed E-state index contributed by atoms with van der Waals surface area (Å²) in [4.78, 5) is 34.8. The zero-order valence-electron chi connectivity index (χ0n) is 20.0. The second kappa shape index (κ2) is 10.4. The molecule has 0 saturated carbocycles. The zero-order chi connectivity index (χ0) is 25.4. The minimum absolute atomic E-state index is 0.100. The molecule has 190 valence electrons. The van der Waals surface area contributed by atoms with Gasteiger partial charge in [0, 0.05) is 23.0 Å². The number of benzene rings is 2. The summed E-state index contributed by atoms with van der Waals surface area (Å²) in [5.41, 5.74) is 2.10. The van der Waals surface area contributed by atoms with Crippen molar-refractivity contribution in [2.45, 2.75) is 38.6 Å². The largest absolute Gasteiger partial charge is 0.374 e. The number of aromatic nitrogens is 2. The third-order valence-electron chi connectivity index (χ3n) is 7.16. The second-order valence-electron chi connectivity index (χ2n) is 9.61. The predicted molar refractivity (Wildman–Crippen MR) is 140 cm³/mol. The number of aromatic amines is 1. The molecule has 3 N–H and O–H groups in total. The average Bonchev–Trinajstić information content (AvgIpc) is 2.83. The van der Waals surface area contributed by atoms with Crippen molar-refractivity contribution in [2.75, 3.05) is 31.5 Å². The molecule has 5 rings (SSSR count). The van der Waals surface area contributed by atoms with Crippen molar-refractivity contribution < 1.29 is 9.18 Å². The third-order valence-corrected chi connectivity index (χ3v) is 7.69. The highest BCUT2D eigenvalue weighted by Gasteiger charge is 2.29. The van der Waals surface area contributed by atoms with Crippen molar-refractivity contribution in [2.24, 2.45) is 5.92 Å². The Morgan fingerprint density at radius 3 is 2.89 bits per heavy atom. The summed E-state index contributed by atoms with van der Waals surface area (Å²) in [5, 5.41) is 7.56. The van der Waals surface area contributed by atoms with Crippen molar-refractivity contribution >= 4 is 45.7 Å². The molecule has 0 radical (unpaired) electrons. The fourth-order valence-electron chi connectivity index (χ4n) is 5.33. The van der Waals surface area contributed by atoms with Gasteiger partial charge in [-0.2, -0.15) is 0 Å². The number of H-pyrrole nitrogens is 1. The zero-order valence-corrected chi connectivity index (χ0v) is 21.5. The molecule has 3 aromatic rings. The number of nitrogens with zero attached hydrogens (tertiary/aromatic N) is 2. The Labute approximate surface area is 218 Å². The van der Waals surface area contributed by atoms with Crippen molar-refractivity contribution in [1.82, 2.24) is 20.2 Å². The van der Waals surface area contributed by atoms with Gasteiger partial charge < -0.3 is 20.5 Å². The van der Waals surface area contributed by atoms with E-state index in [0.29, 0.717) is 46.7 Å². The van der Waals surface area contributed by atoms with Gasteiger partial charge in [-0.25, -0.2) is 9.37 Å². The van der Waals surface area contributed by atoms with Crippen LogP contribution in [0.1, 0.15) is 42.8 Å². The lowest BCUT2D eigenvalue weighted by Crippen LogP contribution is -2.42. The molecule has 0 spiro atoms. The molecule has 0 aliphatic carbocycles. The summed E-state index contributed by atoms with van der Waals surface area (Å²) in [7, 11) is 0. The Balaban J connectivity index is 1.32. The molecule has 2 aliphatic rings. The van der Waals surface area contributed by atoms with E-state index in [9.17, 15) is 14.0 Å². The molecular formula is C26H28Cl2FN5O2. The summed E-state index contributed by atoms with van der Waals surface area (Å²) < 4.78 is 14.8. The van der Waals surface area contributed by atoms with Crippen LogP contribution in [0.2, 0.25) is 10.0 Å². The van der Waals surface area contributed by atoms with Crippen molar-refractivity contribution in [1.29, 1.82) is 0 Å². The van der Waals surface area contributed by atoms with Gasteiger partial charge in [-0.1, -0.05) is 23.2 Å². The van der Waals surface area contributed by atoms with E-state index in [1.54, 1.807) is 11.0 Å². The summed E-state index contributed by atoms with van der Waals surface area (Å²) in [6, 6.07) is 6.01. The molecule has 1 fully saturated rings. The highest BCUT2D eigenvalue weighted by molar-refractivity contribution is 6.35. The Bertz CT molecular complexity index is 1370. The number of rotatable bonds is 5. The van der Waals surface area contributed by atoms with Gasteiger partial charge >= 0.3 is 0 Å². The number of nitrogens with one attached hydrogen (secondary N) is 3. The Hall–Kier alpha value is -2.68. The normalized spacial score (nSPS) is 19.8. The van der Waals surface area contributed by atoms with E-state index in [4.69, 9.17) is 23.2 Å². The van der Waals surface area contributed by atoms with Crippen LogP contribution in [0, 0.1) is 11.7 Å². The number of hydrogen-bond acceptors (Lipinski definition) is 5. The van der Waals surface area contributed by atoms with Crippen molar-refractivity contribution in [3.63, 3.8) is 0 Å². The first-order valence-electron chi connectivity index (χ1n) is 12.2. The van der Waals surface area contributed by atoms with Crippen molar-refractivity contribution in [3.05, 3.63) is 67.4 Å². The van der Waals surface area contributed by atoms with Crippen LogP contribution in [-0.4, -0.2) is 47.0 Å². The van der Waals surface area contributed by atoms with Crippen LogP contribution in [0.25, 0.3) is 10.9 Å². The molecule has 7 nitrogen and oxygen atoms in total. The standard InChI is InChI=1S/C26H28Cl2FN5O2/c1-14-25-16(8-17(27)9-19(25)28)4-6-34(14)24(35)13-31-22-11-21-18(10-20(22)29)26(36)33-23(32-21)7-15-3-2-5-30-12-15/h8-11,14-15,30-31H,2-7,12-13H2,1H3,(H,32,33,36)/t14?,15-/m1/s1. The molecule has 1 amide bonds. The van der Waals surface area contributed by atoms with Crippen LogP contribution >= 0.6 is 23.2 Å². The lowest BCUT2D eigenvalue weighted by Gasteiger charge is -2.36. The van der Waals surface area contributed by atoms with E-state index in [1.807, 2.05) is 13.0 Å². The molecule has 1 unspecified atom stereocenters. The fourth-order valence-corrected chi connectivity index (χ4v) is 6.02. The monoisotopic (exact) mass is 531 g/mol. The maximum Gasteiger partial charge on any atom is 0.258 e. The molecule has 10 heteroatoms. The van der Waals surface area contributed by atoms with Crippen molar-refractivity contribution in [3.8, 4) is 0 Å². The Morgan fingerprint density at radius 1 is 1.28 bits per heavy atom. The lowest BCUT2D eigenvalue weighted by molar-refractivity contribution is -0.131. The molecule has 36 heavy (non-hydrogen) atoms. The van der Waals surface area contributed by atoms with Crippen LogP contribution < -0.4 is 16.2 Å². The van der Waals surface area contributed by atoms with Crippen LogP contribution in [0.4, 0.5) is 10.1 Å². The maximum absolute atomic E-state index is 14.8. The van der Waals surface area contributed by atoms with E-state index in [0.717, 1.165) is 37.1 Å². The minimum atomic E-state index is -0.610. The van der Waals surface area contributed by atoms with Gasteiger partial charge in [0.15, 0.2) is 0 Å².